The maximum atomic E-state index is 13.5. The third kappa shape index (κ3) is 3.00. The summed E-state index contributed by atoms with van der Waals surface area (Å²) in [5.74, 6) is -1.63. The van der Waals surface area contributed by atoms with Crippen molar-refractivity contribution < 1.29 is 13.6 Å². The summed E-state index contributed by atoms with van der Waals surface area (Å²) in [5.41, 5.74) is -0.803. The molecule has 0 atom stereocenters. The Bertz CT molecular complexity index is 444. The monoisotopic (exact) mass is 242 g/mol. The van der Waals surface area contributed by atoms with E-state index < -0.39 is 23.1 Å². The zero-order valence-corrected chi connectivity index (χ0v) is 10.3. The lowest BCUT2D eigenvalue weighted by atomic mass is 10.0. The first-order chi connectivity index (χ1) is 7.77. The van der Waals surface area contributed by atoms with Gasteiger partial charge in [-0.05, 0) is 39.4 Å². The Hall–Kier alpha value is -1.49. The fourth-order valence-corrected chi connectivity index (χ4v) is 1.13. The minimum Gasteiger partial charge on any atom is -0.322 e. The summed E-state index contributed by atoms with van der Waals surface area (Å²) in [4.78, 5) is 11.8. The van der Waals surface area contributed by atoms with Crippen LogP contribution in [0.15, 0.2) is 12.1 Å². The molecule has 1 amide bonds. The number of aryl methyl sites for hydroxylation is 1. The van der Waals surface area contributed by atoms with Gasteiger partial charge in [0.05, 0.1) is 11.2 Å². The van der Waals surface area contributed by atoms with E-state index in [0.29, 0.717) is 0 Å². The highest BCUT2D eigenvalue weighted by Crippen LogP contribution is 2.19. The average Bonchev–Trinajstić information content (AvgIpc) is 2.25. The lowest BCUT2D eigenvalue weighted by molar-refractivity contribution is -0.121. The highest BCUT2D eigenvalue weighted by molar-refractivity contribution is 5.97. The molecule has 0 unspecified atom stereocenters. The number of carbonyl (C=O) groups is 1. The highest BCUT2D eigenvalue weighted by Gasteiger charge is 2.26. The van der Waals surface area contributed by atoms with Gasteiger partial charge in [0.2, 0.25) is 5.91 Å². The van der Waals surface area contributed by atoms with Gasteiger partial charge < -0.3 is 10.6 Å². The van der Waals surface area contributed by atoms with E-state index in [0.717, 1.165) is 12.1 Å². The van der Waals surface area contributed by atoms with Crippen molar-refractivity contribution in [1.29, 1.82) is 0 Å². The molecule has 5 heteroatoms. The number of benzene rings is 1. The first kappa shape index (κ1) is 13.6. The molecule has 0 aliphatic heterocycles. The summed E-state index contributed by atoms with van der Waals surface area (Å²) in [7, 11) is 1.62. The van der Waals surface area contributed by atoms with Gasteiger partial charge in [-0.2, -0.15) is 0 Å². The molecule has 3 nitrogen and oxygen atoms in total. The number of likely N-dealkylation sites (N-methyl/N-ethyl adjacent to an activating group) is 1. The van der Waals surface area contributed by atoms with Crippen molar-refractivity contribution in [2.45, 2.75) is 26.3 Å². The Morgan fingerprint density at radius 3 is 2.35 bits per heavy atom. The van der Waals surface area contributed by atoms with Crippen molar-refractivity contribution >= 4 is 11.6 Å². The van der Waals surface area contributed by atoms with Gasteiger partial charge in [0.15, 0.2) is 0 Å². The number of hydrogen-bond donors (Lipinski definition) is 2. The Morgan fingerprint density at radius 1 is 1.24 bits per heavy atom. The molecule has 0 aliphatic rings. The van der Waals surface area contributed by atoms with E-state index in [1.165, 1.54) is 6.92 Å². The van der Waals surface area contributed by atoms with Crippen molar-refractivity contribution in [2.75, 3.05) is 12.4 Å². The van der Waals surface area contributed by atoms with Gasteiger partial charge in [-0.25, -0.2) is 8.78 Å². The molecule has 0 fully saturated rings. The number of halogens is 2. The molecule has 0 aromatic heterocycles. The van der Waals surface area contributed by atoms with Gasteiger partial charge in [0, 0.05) is 6.07 Å². The zero-order chi connectivity index (χ0) is 13.2. The molecule has 0 aliphatic carbocycles. The van der Waals surface area contributed by atoms with E-state index in [9.17, 15) is 13.6 Å². The summed E-state index contributed by atoms with van der Waals surface area (Å²) in [6.07, 6.45) is 0. The summed E-state index contributed by atoms with van der Waals surface area (Å²) in [6, 6.07) is 2.03. The van der Waals surface area contributed by atoms with E-state index in [1.54, 1.807) is 20.9 Å². The normalized spacial score (nSPS) is 11.4. The van der Waals surface area contributed by atoms with Crippen LogP contribution >= 0.6 is 0 Å². The van der Waals surface area contributed by atoms with Crippen LogP contribution in [0.3, 0.4) is 0 Å². The van der Waals surface area contributed by atoms with Crippen LogP contribution < -0.4 is 10.6 Å². The van der Waals surface area contributed by atoms with Crippen molar-refractivity contribution in [3.63, 3.8) is 0 Å². The molecular formula is C12H16F2N2O. The number of hydrogen-bond acceptors (Lipinski definition) is 2. The fourth-order valence-electron chi connectivity index (χ4n) is 1.13. The molecule has 94 valence electrons. The van der Waals surface area contributed by atoms with Crippen LogP contribution in [0.25, 0.3) is 0 Å². The molecule has 1 aromatic rings. The second-order valence-corrected chi connectivity index (χ2v) is 4.41. The van der Waals surface area contributed by atoms with Crippen LogP contribution in [0.5, 0.6) is 0 Å². The molecule has 0 saturated carbocycles. The number of anilines is 1. The minimum atomic E-state index is -0.853. The van der Waals surface area contributed by atoms with Crippen LogP contribution in [0, 0.1) is 18.6 Å². The molecule has 0 radical (unpaired) electrons. The van der Waals surface area contributed by atoms with E-state index >= 15 is 0 Å². The van der Waals surface area contributed by atoms with Gasteiger partial charge in [-0.1, -0.05) is 0 Å². The third-order valence-corrected chi connectivity index (χ3v) is 2.69. The number of carbonyl (C=O) groups excluding carboxylic acids is 1. The lowest BCUT2D eigenvalue weighted by Gasteiger charge is -2.23. The molecule has 0 saturated heterocycles. The Balaban J connectivity index is 2.97. The zero-order valence-electron chi connectivity index (χ0n) is 10.3. The van der Waals surface area contributed by atoms with E-state index in [2.05, 4.69) is 10.6 Å². The van der Waals surface area contributed by atoms with E-state index in [-0.39, 0.29) is 11.3 Å². The van der Waals surface area contributed by atoms with Crippen LogP contribution in [0.4, 0.5) is 14.5 Å². The molecule has 1 aromatic carbocycles. The van der Waals surface area contributed by atoms with Gasteiger partial charge in [0.1, 0.15) is 11.6 Å². The molecule has 17 heavy (non-hydrogen) atoms. The SMILES string of the molecule is CNC(C)(C)C(=O)Nc1cc(F)c(C)cc1F. The largest absolute Gasteiger partial charge is 0.322 e. The average molecular weight is 242 g/mol. The van der Waals surface area contributed by atoms with Crippen molar-refractivity contribution in [1.82, 2.24) is 5.32 Å². The van der Waals surface area contributed by atoms with Crippen LogP contribution in [-0.4, -0.2) is 18.5 Å². The van der Waals surface area contributed by atoms with E-state index in [1.807, 2.05) is 0 Å². The summed E-state index contributed by atoms with van der Waals surface area (Å²) in [6.45, 7) is 4.75. The molecule has 0 bridgehead atoms. The van der Waals surface area contributed by atoms with Crippen molar-refractivity contribution in [3.05, 3.63) is 29.3 Å². The summed E-state index contributed by atoms with van der Waals surface area (Å²) < 4.78 is 26.7. The Kier molecular flexibility index (Phi) is 3.83. The number of nitrogens with one attached hydrogen (secondary N) is 2. The summed E-state index contributed by atoms with van der Waals surface area (Å²) in [5, 5.41) is 5.13. The van der Waals surface area contributed by atoms with Crippen molar-refractivity contribution in [2.24, 2.45) is 0 Å². The fraction of sp³-hybridized carbons (Fsp3) is 0.417. The van der Waals surface area contributed by atoms with Crippen molar-refractivity contribution in [3.8, 4) is 0 Å². The maximum Gasteiger partial charge on any atom is 0.244 e. The van der Waals surface area contributed by atoms with Gasteiger partial charge >= 0.3 is 0 Å². The Labute approximate surface area is 99.2 Å². The predicted molar refractivity (Wildman–Crippen MR) is 62.9 cm³/mol. The Morgan fingerprint density at radius 2 is 1.82 bits per heavy atom. The standard InChI is InChI=1S/C12H16F2N2O/c1-7-5-9(14)10(6-8(7)13)16-11(17)12(2,3)15-4/h5-6,15H,1-4H3,(H,16,17). The topological polar surface area (TPSA) is 41.1 Å². The quantitative estimate of drug-likeness (QED) is 0.853. The smallest absolute Gasteiger partial charge is 0.244 e. The molecular weight excluding hydrogens is 226 g/mol. The van der Waals surface area contributed by atoms with Gasteiger partial charge in [-0.15, -0.1) is 0 Å². The lowest BCUT2D eigenvalue weighted by Crippen LogP contribution is -2.48. The minimum absolute atomic E-state index is 0.151. The third-order valence-electron chi connectivity index (χ3n) is 2.69. The molecule has 1 rings (SSSR count). The second kappa shape index (κ2) is 4.79. The first-order valence-electron chi connectivity index (χ1n) is 5.24. The number of rotatable bonds is 3. The molecule has 0 spiro atoms. The van der Waals surface area contributed by atoms with Gasteiger partial charge in [-0.3, -0.25) is 4.79 Å². The predicted octanol–water partition coefficient (Wildman–Crippen LogP) is 2.21. The second-order valence-electron chi connectivity index (χ2n) is 4.41. The molecule has 2 N–H and O–H groups in total. The van der Waals surface area contributed by atoms with E-state index in [4.69, 9.17) is 0 Å². The first-order valence-corrected chi connectivity index (χ1v) is 5.24. The summed E-state index contributed by atoms with van der Waals surface area (Å²) >= 11 is 0. The van der Waals surface area contributed by atoms with Crippen LogP contribution in [-0.2, 0) is 4.79 Å². The highest BCUT2D eigenvalue weighted by atomic mass is 19.1. The van der Waals surface area contributed by atoms with Gasteiger partial charge in [0.25, 0.3) is 0 Å². The molecule has 0 heterocycles. The maximum absolute atomic E-state index is 13.5. The van der Waals surface area contributed by atoms with Crippen LogP contribution in [0.2, 0.25) is 0 Å². The number of amides is 1. The van der Waals surface area contributed by atoms with Crippen LogP contribution in [0.1, 0.15) is 19.4 Å².